The van der Waals surface area contributed by atoms with Gasteiger partial charge in [-0.3, -0.25) is 9.36 Å². The molecule has 0 aliphatic carbocycles. The van der Waals surface area contributed by atoms with Gasteiger partial charge in [0.1, 0.15) is 5.75 Å². The van der Waals surface area contributed by atoms with Gasteiger partial charge in [-0.15, -0.1) is 12.6 Å². The van der Waals surface area contributed by atoms with Gasteiger partial charge in [0.05, 0.1) is 24.1 Å². The van der Waals surface area contributed by atoms with Crippen molar-refractivity contribution in [2.24, 2.45) is 0 Å². The Morgan fingerprint density at radius 3 is 2.07 bits per heavy atom. The summed E-state index contributed by atoms with van der Waals surface area (Å²) in [5.41, 5.74) is 2.43. The molecule has 0 unspecified atom stereocenters. The van der Waals surface area contributed by atoms with Crippen LogP contribution in [0.15, 0.2) is 88.8 Å². The zero-order chi connectivity index (χ0) is 18.8. The zero-order valence-corrected chi connectivity index (χ0v) is 15.6. The Labute approximate surface area is 162 Å². The van der Waals surface area contributed by atoms with E-state index in [9.17, 15) is 4.79 Å². The van der Waals surface area contributed by atoms with Gasteiger partial charge in [-0.05, 0) is 29.3 Å². The quantitative estimate of drug-likeness (QED) is 0.427. The van der Waals surface area contributed by atoms with E-state index in [1.54, 1.807) is 29.9 Å². The van der Waals surface area contributed by atoms with Crippen LogP contribution in [-0.2, 0) is 0 Å². The lowest BCUT2D eigenvalue weighted by atomic mass is 9.98. The molecule has 1 aromatic heterocycles. The van der Waals surface area contributed by atoms with Gasteiger partial charge < -0.3 is 4.74 Å². The van der Waals surface area contributed by atoms with Gasteiger partial charge in [-0.2, -0.15) is 0 Å². The van der Waals surface area contributed by atoms with Crippen LogP contribution < -0.4 is 10.3 Å². The second-order valence-corrected chi connectivity index (χ2v) is 6.59. The average molecular weight is 374 g/mol. The van der Waals surface area contributed by atoms with Gasteiger partial charge in [-0.1, -0.05) is 60.7 Å². The molecule has 0 fully saturated rings. The Morgan fingerprint density at radius 1 is 0.926 bits per heavy atom. The van der Waals surface area contributed by atoms with E-state index in [0.717, 1.165) is 11.1 Å². The molecule has 134 valence electrons. The van der Waals surface area contributed by atoms with E-state index >= 15 is 0 Å². The summed E-state index contributed by atoms with van der Waals surface area (Å²) in [4.78, 5) is 18.0. The first-order valence-electron chi connectivity index (χ1n) is 8.58. The molecule has 27 heavy (non-hydrogen) atoms. The Hall–Kier alpha value is -3.05. The van der Waals surface area contributed by atoms with Crippen LogP contribution in [0.3, 0.4) is 0 Å². The summed E-state index contributed by atoms with van der Waals surface area (Å²) in [6.45, 7) is 0. The lowest BCUT2D eigenvalue weighted by molar-refractivity contribution is 0.415. The number of benzene rings is 3. The van der Waals surface area contributed by atoms with Gasteiger partial charge in [0.15, 0.2) is 5.16 Å². The number of aromatic nitrogens is 2. The maximum Gasteiger partial charge on any atom is 0.263 e. The average Bonchev–Trinajstić information content (AvgIpc) is 2.72. The molecule has 4 aromatic rings. The third kappa shape index (κ3) is 3.22. The van der Waals surface area contributed by atoms with Crippen molar-refractivity contribution in [3.8, 4) is 5.75 Å². The Morgan fingerprint density at radius 2 is 1.52 bits per heavy atom. The van der Waals surface area contributed by atoms with Gasteiger partial charge in [0.2, 0.25) is 0 Å². The van der Waals surface area contributed by atoms with Crippen LogP contribution in [0.5, 0.6) is 5.75 Å². The van der Waals surface area contributed by atoms with Crippen molar-refractivity contribution < 1.29 is 4.74 Å². The first-order valence-corrected chi connectivity index (χ1v) is 9.03. The molecule has 0 aliphatic heterocycles. The minimum Gasteiger partial charge on any atom is -0.497 e. The zero-order valence-electron chi connectivity index (χ0n) is 14.7. The molecule has 0 saturated heterocycles. The molecule has 0 spiro atoms. The van der Waals surface area contributed by atoms with E-state index in [4.69, 9.17) is 4.74 Å². The molecule has 4 nitrogen and oxygen atoms in total. The third-order valence-corrected chi connectivity index (χ3v) is 4.89. The Bertz CT molecular complexity index is 1100. The van der Waals surface area contributed by atoms with Crippen LogP contribution in [0, 0.1) is 0 Å². The smallest absolute Gasteiger partial charge is 0.263 e. The number of methoxy groups -OCH3 is 1. The van der Waals surface area contributed by atoms with Crippen LogP contribution >= 0.6 is 12.6 Å². The van der Waals surface area contributed by atoms with Gasteiger partial charge >= 0.3 is 0 Å². The summed E-state index contributed by atoms with van der Waals surface area (Å²) in [6, 6.07) is 24.8. The van der Waals surface area contributed by atoms with E-state index in [0.29, 0.717) is 21.8 Å². The number of ether oxygens (including phenoxy) is 1. The van der Waals surface area contributed by atoms with Crippen molar-refractivity contribution >= 4 is 23.5 Å². The van der Waals surface area contributed by atoms with E-state index in [2.05, 4.69) is 17.6 Å². The molecule has 0 aliphatic rings. The number of nitrogens with zero attached hydrogens (tertiary/aromatic N) is 2. The SMILES string of the molecule is COc1ccc2nc(S)n(C(c3ccccc3)c3ccccc3)c(=O)c2c1. The van der Waals surface area contributed by atoms with Crippen molar-refractivity contribution in [1.29, 1.82) is 0 Å². The van der Waals surface area contributed by atoms with Gasteiger partial charge in [0.25, 0.3) is 5.56 Å². The monoisotopic (exact) mass is 374 g/mol. The van der Waals surface area contributed by atoms with Crippen molar-refractivity contribution in [2.75, 3.05) is 7.11 Å². The largest absolute Gasteiger partial charge is 0.497 e. The lowest BCUT2D eigenvalue weighted by Crippen LogP contribution is -2.28. The van der Waals surface area contributed by atoms with Crippen LogP contribution in [0.1, 0.15) is 17.2 Å². The fourth-order valence-corrected chi connectivity index (χ4v) is 3.60. The summed E-state index contributed by atoms with van der Waals surface area (Å²) in [5, 5.41) is 0.874. The highest BCUT2D eigenvalue weighted by molar-refractivity contribution is 7.80. The second kappa shape index (κ2) is 7.29. The van der Waals surface area contributed by atoms with Crippen LogP contribution in [0.2, 0.25) is 0 Å². The van der Waals surface area contributed by atoms with Gasteiger partial charge in [0, 0.05) is 0 Å². The highest BCUT2D eigenvalue weighted by Gasteiger charge is 2.21. The highest BCUT2D eigenvalue weighted by atomic mass is 32.1. The second-order valence-electron chi connectivity index (χ2n) is 6.19. The first-order chi connectivity index (χ1) is 13.2. The lowest BCUT2D eigenvalue weighted by Gasteiger charge is -2.23. The maximum atomic E-state index is 13.4. The predicted octanol–water partition coefficient (Wildman–Crippen LogP) is 4.33. The molecule has 4 rings (SSSR count). The van der Waals surface area contributed by atoms with E-state index in [1.165, 1.54) is 0 Å². The van der Waals surface area contributed by atoms with Crippen molar-refractivity contribution in [3.05, 3.63) is 100 Å². The van der Waals surface area contributed by atoms with Crippen LogP contribution in [-0.4, -0.2) is 16.7 Å². The first kappa shape index (κ1) is 17.4. The number of hydrogen-bond acceptors (Lipinski definition) is 4. The van der Waals surface area contributed by atoms with Gasteiger partial charge in [-0.25, -0.2) is 4.98 Å². The van der Waals surface area contributed by atoms with Crippen LogP contribution in [0.4, 0.5) is 0 Å². The summed E-state index contributed by atoms with van der Waals surface area (Å²) < 4.78 is 6.92. The molecule has 0 atom stereocenters. The maximum absolute atomic E-state index is 13.4. The van der Waals surface area contributed by atoms with E-state index < -0.39 is 0 Å². The van der Waals surface area contributed by atoms with Crippen molar-refractivity contribution in [1.82, 2.24) is 9.55 Å². The van der Waals surface area contributed by atoms with E-state index in [-0.39, 0.29) is 11.6 Å². The fraction of sp³-hybridized carbons (Fsp3) is 0.0909. The summed E-state index contributed by atoms with van der Waals surface area (Å²) in [5.74, 6) is 0.621. The normalized spacial score (nSPS) is 11.1. The standard InChI is InChI=1S/C22H18N2O2S/c1-26-17-12-13-19-18(14-17)21(25)24(22(27)23-19)20(15-8-4-2-5-9-15)16-10-6-3-7-11-16/h2-14,20H,1H3,(H,23,27). The highest BCUT2D eigenvalue weighted by Crippen LogP contribution is 2.28. The van der Waals surface area contributed by atoms with Crippen molar-refractivity contribution in [3.63, 3.8) is 0 Å². The number of fused-ring (bicyclic) bond motifs is 1. The molecule has 0 saturated carbocycles. The summed E-state index contributed by atoms with van der Waals surface area (Å²) in [6.07, 6.45) is 0. The molecule has 0 bridgehead atoms. The summed E-state index contributed by atoms with van der Waals surface area (Å²) in [7, 11) is 1.58. The number of thiol groups is 1. The third-order valence-electron chi connectivity index (χ3n) is 4.58. The molecule has 0 N–H and O–H groups in total. The van der Waals surface area contributed by atoms with Crippen molar-refractivity contribution in [2.45, 2.75) is 11.2 Å². The molecule has 0 amide bonds. The van der Waals surface area contributed by atoms with E-state index in [1.807, 2.05) is 60.7 Å². The predicted molar refractivity (Wildman–Crippen MR) is 110 cm³/mol. The molecular formula is C22H18N2O2S. The number of rotatable bonds is 4. The molecule has 1 heterocycles. The Kier molecular flexibility index (Phi) is 4.69. The number of hydrogen-bond donors (Lipinski definition) is 1. The topological polar surface area (TPSA) is 44.1 Å². The van der Waals surface area contributed by atoms with Crippen LogP contribution in [0.25, 0.3) is 10.9 Å². The fourth-order valence-electron chi connectivity index (χ4n) is 3.29. The molecule has 0 radical (unpaired) electrons. The molecule has 3 aromatic carbocycles. The minimum absolute atomic E-state index is 0.151. The molecular weight excluding hydrogens is 356 g/mol. The summed E-state index contributed by atoms with van der Waals surface area (Å²) >= 11 is 4.55. The Balaban J connectivity index is 2.03. The minimum atomic E-state index is -0.324. The molecule has 5 heteroatoms.